The van der Waals surface area contributed by atoms with Crippen molar-refractivity contribution < 1.29 is 0 Å². The van der Waals surface area contributed by atoms with Crippen molar-refractivity contribution in [3.8, 4) is 11.5 Å². The van der Waals surface area contributed by atoms with Gasteiger partial charge in [0.05, 0.1) is 6.20 Å². The van der Waals surface area contributed by atoms with Gasteiger partial charge in [-0.15, -0.1) is 5.10 Å². The van der Waals surface area contributed by atoms with E-state index < -0.39 is 0 Å². The number of aromatic nitrogens is 4. The number of rotatable bonds is 1. The van der Waals surface area contributed by atoms with Gasteiger partial charge in [-0.05, 0) is 11.5 Å². The van der Waals surface area contributed by atoms with Crippen LogP contribution in [0.4, 0.5) is 0 Å². The highest BCUT2D eigenvalue weighted by Gasteiger charge is 2.06. The molecule has 4 heteroatoms. The zero-order chi connectivity index (χ0) is 10.8. The summed E-state index contributed by atoms with van der Waals surface area (Å²) in [6.45, 7) is 0. The highest BCUT2D eigenvalue weighted by atomic mass is 15.1. The Kier molecular flexibility index (Phi) is 2.04. The molecule has 0 spiro atoms. The Morgan fingerprint density at radius 1 is 0.812 bits per heavy atom. The van der Waals surface area contributed by atoms with Crippen LogP contribution in [-0.4, -0.2) is 20.2 Å². The molecule has 1 aromatic carbocycles. The topological polar surface area (TPSA) is 51.6 Å². The Morgan fingerprint density at radius 3 is 2.62 bits per heavy atom. The lowest BCUT2D eigenvalue weighted by Gasteiger charge is -2.02. The highest BCUT2D eigenvalue weighted by molar-refractivity contribution is 5.92. The Labute approximate surface area is 92.0 Å². The Hall–Kier alpha value is -2.36. The average Bonchev–Trinajstić information content (AvgIpc) is 2.39. The first-order valence-electron chi connectivity index (χ1n) is 4.93. The van der Waals surface area contributed by atoms with E-state index in [1.165, 1.54) is 0 Å². The third-order valence-electron chi connectivity index (χ3n) is 2.37. The summed E-state index contributed by atoms with van der Waals surface area (Å²) >= 11 is 0. The molecule has 0 radical (unpaired) electrons. The summed E-state index contributed by atoms with van der Waals surface area (Å²) in [6.07, 6.45) is 4.93. The molecule has 0 atom stereocenters. The van der Waals surface area contributed by atoms with Crippen LogP contribution in [-0.2, 0) is 0 Å². The van der Waals surface area contributed by atoms with Crippen molar-refractivity contribution >= 4 is 10.8 Å². The molecule has 2 aromatic heterocycles. The summed E-state index contributed by atoms with van der Waals surface area (Å²) in [5, 5.41) is 9.96. The fraction of sp³-hybridized carbons (Fsp3) is 0. The second kappa shape index (κ2) is 3.66. The summed E-state index contributed by atoms with van der Waals surface area (Å²) in [5.41, 5.74) is 0.770. The van der Waals surface area contributed by atoms with Gasteiger partial charge in [-0.3, -0.25) is 4.98 Å². The fourth-order valence-corrected chi connectivity index (χ4v) is 1.65. The van der Waals surface area contributed by atoms with Gasteiger partial charge >= 0.3 is 0 Å². The molecule has 0 amide bonds. The summed E-state index contributed by atoms with van der Waals surface area (Å²) < 4.78 is 0. The van der Waals surface area contributed by atoms with Gasteiger partial charge in [-0.2, -0.15) is 5.10 Å². The van der Waals surface area contributed by atoms with Gasteiger partial charge in [0.1, 0.15) is 5.69 Å². The molecule has 0 unspecified atom stereocenters. The first kappa shape index (κ1) is 8.91. The molecule has 0 bridgehead atoms. The third kappa shape index (κ3) is 1.40. The number of nitrogens with zero attached hydrogens (tertiary/aromatic N) is 4. The minimum Gasteiger partial charge on any atom is -0.252 e. The van der Waals surface area contributed by atoms with Crippen LogP contribution in [0.3, 0.4) is 0 Å². The quantitative estimate of drug-likeness (QED) is 0.614. The molecule has 0 saturated carbocycles. The molecule has 4 nitrogen and oxygen atoms in total. The van der Waals surface area contributed by atoms with Gasteiger partial charge in [0, 0.05) is 17.8 Å². The van der Waals surface area contributed by atoms with Gasteiger partial charge < -0.3 is 0 Å². The molecule has 3 rings (SSSR count). The monoisotopic (exact) mass is 208 g/mol. The Bertz CT molecular complexity index is 617. The van der Waals surface area contributed by atoms with Crippen molar-refractivity contribution in [3.05, 3.63) is 48.9 Å². The molecule has 16 heavy (non-hydrogen) atoms. The normalized spacial score (nSPS) is 10.5. The molecule has 3 aromatic rings. The zero-order valence-electron chi connectivity index (χ0n) is 8.41. The standard InChI is InChI=1S/C12H8N4/c1-2-4-10-9(3-1)5-6-13-11(10)12-14-7-8-15-16-12/h1-8H. The van der Waals surface area contributed by atoms with E-state index in [1.54, 1.807) is 18.6 Å². The second-order valence-electron chi connectivity index (χ2n) is 3.35. The fourth-order valence-electron chi connectivity index (χ4n) is 1.65. The van der Waals surface area contributed by atoms with Crippen molar-refractivity contribution in [1.82, 2.24) is 20.2 Å². The maximum atomic E-state index is 4.31. The predicted octanol–water partition coefficient (Wildman–Crippen LogP) is 2.09. The predicted molar refractivity (Wildman–Crippen MR) is 60.6 cm³/mol. The van der Waals surface area contributed by atoms with Gasteiger partial charge in [-0.1, -0.05) is 24.3 Å². The summed E-state index contributed by atoms with van der Waals surface area (Å²) in [7, 11) is 0. The van der Waals surface area contributed by atoms with E-state index in [-0.39, 0.29) is 0 Å². The van der Waals surface area contributed by atoms with Crippen LogP contribution >= 0.6 is 0 Å². The molecule has 0 saturated heterocycles. The summed E-state index contributed by atoms with van der Waals surface area (Å²) in [6, 6.07) is 9.99. The molecule has 0 aliphatic rings. The highest BCUT2D eigenvalue weighted by Crippen LogP contribution is 2.22. The SMILES string of the molecule is c1ccc2c(-c3nccnn3)nccc2c1. The van der Waals surface area contributed by atoms with E-state index in [1.807, 2.05) is 30.3 Å². The molecular formula is C12H8N4. The summed E-state index contributed by atoms with van der Waals surface area (Å²) in [4.78, 5) is 8.48. The van der Waals surface area contributed by atoms with E-state index in [0.29, 0.717) is 5.82 Å². The van der Waals surface area contributed by atoms with Crippen LogP contribution in [0.15, 0.2) is 48.9 Å². The zero-order valence-corrected chi connectivity index (χ0v) is 8.41. The van der Waals surface area contributed by atoms with E-state index in [4.69, 9.17) is 0 Å². The van der Waals surface area contributed by atoms with Crippen LogP contribution in [0.1, 0.15) is 0 Å². The number of pyridine rings is 1. The average molecular weight is 208 g/mol. The van der Waals surface area contributed by atoms with Crippen LogP contribution in [0.25, 0.3) is 22.3 Å². The number of benzene rings is 1. The second-order valence-corrected chi connectivity index (χ2v) is 3.35. The first-order chi connectivity index (χ1) is 7.95. The molecule has 0 aliphatic heterocycles. The van der Waals surface area contributed by atoms with Gasteiger partial charge in [0.15, 0.2) is 0 Å². The lowest BCUT2D eigenvalue weighted by atomic mass is 10.1. The molecule has 0 N–H and O–H groups in total. The molecule has 2 heterocycles. The van der Waals surface area contributed by atoms with Crippen molar-refractivity contribution in [2.24, 2.45) is 0 Å². The lowest BCUT2D eigenvalue weighted by Crippen LogP contribution is -1.93. The van der Waals surface area contributed by atoms with E-state index >= 15 is 0 Å². The minimum absolute atomic E-state index is 0.555. The van der Waals surface area contributed by atoms with Crippen LogP contribution in [0.5, 0.6) is 0 Å². The molecule has 76 valence electrons. The number of hydrogen-bond donors (Lipinski definition) is 0. The maximum absolute atomic E-state index is 4.31. The van der Waals surface area contributed by atoms with Gasteiger partial charge in [0.2, 0.25) is 5.82 Å². The van der Waals surface area contributed by atoms with Gasteiger partial charge in [0.25, 0.3) is 0 Å². The van der Waals surface area contributed by atoms with Crippen molar-refractivity contribution in [3.63, 3.8) is 0 Å². The minimum atomic E-state index is 0.555. The van der Waals surface area contributed by atoms with Gasteiger partial charge in [-0.25, -0.2) is 4.98 Å². The van der Waals surface area contributed by atoms with Crippen LogP contribution in [0, 0.1) is 0 Å². The van der Waals surface area contributed by atoms with Crippen LogP contribution < -0.4 is 0 Å². The van der Waals surface area contributed by atoms with Crippen LogP contribution in [0.2, 0.25) is 0 Å². The van der Waals surface area contributed by atoms with Crippen molar-refractivity contribution in [1.29, 1.82) is 0 Å². The lowest BCUT2D eigenvalue weighted by molar-refractivity contribution is 0.973. The Morgan fingerprint density at radius 2 is 1.75 bits per heavy atom. The van der Waals surface area contributed by atoms with Crippen molar-refractivity contribution in [2.75, 3.05) is 0 Å². The smallest absolute Gasteiger partial charge is 0.200 e. The van der Waals surface area contributed by atoms with E-state index in [2.05, 4.69) is 20.2 Å². The van der Waals surface area contributed by atoms with E-state index in [0.717, 1.165) is 16.5 Å². The largest absolute Gasteiger partial charge is 0.252 e. The van der Waals surface area contributed by atoms with E-state index in [9.17, 15) is 0 Å². The summed E-state index contributed by atoms with van der Waals surface area (Å²) in [5.74, 6) is 0.555. The molecule has 0 aliphatic carbocycles. The first-order valence-corrected chi connectivity index (χ1v) is 4.93. The third-order valence-corrected chi connectivity index (χ3v) is 2.37. The van der Waals surface area contributed by atoms with Crippen molar-refractivity contribution in [2.45, 2.75) is 0 Å². The Balaban J connectivity index is 2.32. The number of fused-ring (bicyclic) bond motifs is 1. The maximum Gasteiger partial charge on any atom is 0.200 e. The molecule has 0 fully saturated rings. The number of hydrogen-bond acceptors (Lipinski definition) is 4. The molecular weight excluding hydrogens is 200 g/mol.